The second-order valence-corrected chi connectivity index (χ2v) is 4.63. The number of aryl methyl sites for hydroxylation is 1. The van der Waals surface area contributed by atoms with Gasteiger partial charge in [-0.15, -0.1) is 11.3 Å². The van der Waals surface area contributed by atoms with Gasteiger partial charge in [-0.3, -0.25) is 10.1 Å². The first kappa shape index (κ1) is 12.4. The van der Waals surface area contributed by atoms with Crippen LogP contribution >= 0.6 is 11.3 Å². The van der Waals surface area contributed by atoms with Crippen molar-refractivity contribution in [3.63, 3.8) is 0 Å². The first-order valence-electron chi connectivity index (χ1n) is 5.14. The predicted molar refractivity (Wildman–Crippen MR) is 67.2 cm³/mol. The lowest BCUT2D eigenvalue weighted by molar-refractivity contribution is -0.385. The average molecular weight is 267 g/mol. The van der Waals surface area contributed by atoms with E-state index in [2.05, 4.69) is 10.3 Å². The summed E-state index contributed by atoms with van der Waals surface area (Å²) in [4.78, 5) is 14.2. The molecule has 0 aliphatic heterocycles. The van der Waals surface area contributed by atoms with Crippen molar-refractivity contribution in [1.29, 1.82) is 0 Å². The topological polar surface area (TPSA) is 68.1 Å². The highest BCUT2D eigenvalue weighted by Crippen LogP contribution is 2.21. The van der Waals surface area contributed by atoms with E-state index in [1.165, 1.54) is 23.5 Å². The molecule has 0 amide bonds. The highest BCUT2D eigenvalue weighted by atomic mass is 32.1. The van der Waals surface area contributed by atoms with E-state index in [4.69, 9.17) is 0 Å². The molecule has 0 spiro atoms. The molecule has 1 aromatic heterocycles. The summed E-state index contributed by atoms with van der Waals surface area (Å²) in [5.74, 6) is -0.637. The van der Waals surface area contributed by atoms with Crippen molar-refractivity contribution in [2.24, 2.45) is 0 Å². The molecule has 7 heteroatoms. The van der Waals surface area contributed by atoms with E-state index in [9.17, 15) is 14.5 Å². The normalized spacial score (nSPS) is 10.3. The molecule has 0 saturated carbocycles. The fraction of sp³-hybridized carbons (Fsp3) is 0.182. The summed E-state index contributed by atoms with van der Waals surface area (Å²) in [6.07, 6.45) is 0. The number of thiazole rings is 1. The number of benzene rings is 1. The lowest BCUT2D eigenvalue weighted by atomic mass is 10.2. The summed E-state index contributed by atoms with van der Waals surface area (Å²) in [5, 5.41) is 16.3. The summed E-state index contributed by atoms with van der Waals surface area (Å²) in [6.45, 7) is 2.30. The number of rotatable bonds is 4. The monoisotopic (exact) mass is 267 g/mol. The number of nitro groups is 1. The molecule has 94 valence electrons. The van der Waals surface area contributed by atoms with Crippen LogP contribution < -0.4 is 5.32 Å². The molecular weight excluding hydrogens is 257 g/mol. The Bertz CT molecular complexity index is 585. The first-order valence-corrected chi connectivity index (χ1v) is 6.02. The van der Waals surface area contributed by atoms with Crippen LogP contribution in [0.4, 0.5) is 15.8 Å². The van der Waals surface area contributed by atoms with Gasteiger partial charge in [-0.2, -0.15) is 0 Å². The van der Waals surface area contributed by atoms with Crippen LogP contribution in [0.1, 0.15) is 10.7 Å². The van der Waals surface area contributed by atoms with Crippen LogP contribution in [-0.4, -0.2) is 9.91 Å². The van der Waals surface area contributed by atoms with Gasteiger partial charge < -0.3 is 5.32 Å². The minimum absolute atomic E-state index is 0.271. The SMILES string of the molecule is Cc1csc(CNc2cc(F)cc([N+](=O)[O-])c2)n1. The zero-order valence-corrected chi connectivity index (χ0v) is 10.3. The highest BCUT2D eigenvalue weighted by Gasteiger charge is 2.09. The van der Waals surface area contributed by atoms with Gasteiger partial charge in [0.1, 0.15) is 10.8 Å². The molecule has 0 bridgehead atoms. The number of nitro benzene ring substituents is 1. The Morgan fingerprint density at radius 1 is 1.50 bits per heavy atom. The van der Waals surface area contributed by atoms with Gasteiger partial charge in [0.15, 0.2) is 0 Å². The van der Waals surface area contributed by atoms with E-state index in [0.29, 0.717) is 12.2 Å². The second kappa shape index (κ2) is 5.09. The van der Waals surface area contributed by atoms with Crippen molar-refractivity contribution >= 4 is 22.7 Å². The van der Waals surface area contributed by atoms with Crippen molar-refractivity contribution in [2.75, 3.05) is 5.32 Å². The summed E-state index contributed by atoms with van der Waals surface area (Å²) in [7, 11) is 0. The molecule has 0 unspecified atom stereocenters. The third kappa shape index (κ3) is 3.01. The largest absolute Gasteiger partial charge is 0.378 e. The first-order chi connectivity index (χ1) is 8.54. The zero-order chi connectivity index (χ0) is 13.1. The van der Waals surface area contributed by atoms with E-state index in [1.807, 2.05) is 12.3 Å². The van der Waals surface area contributed by atoms with Gasteiger partial charge in [0, 0.05) is 22.8 Å². The fourth-order valence-electron chi connectivity index (χ4n) is 1.44. The maximum absolute atomic E-state index is 13.2. The summed E-state index contributed by atoms with van der Waals surface area (Å²) in [5.41, 5.74) is 1.02. The van der Waals surface area contributed by atoms with Crippen LogP contribution in [0.15, 0.2) is 23.6 Å². The Morgan fingerprint density at radius 3 is 2.89 bits per heavy atom. The Labute approximate surface area is 106 Å². The third-order valence-electron chi connectivity index (χ3n) is 2.20. The van der Waals surface area contributed by atoms with Crippen LogP contribution in [0.5, 0.6) is 0 Å². The van der Waals surface area contributed by atoms with E-state index < -0.39 is 10.7 Å². The molecule has 2 aromatic rings. The van der Waals surface area contributed by atoms with Crippen molar-refractivity contribution in [3.05, 3.63) is 50.2 Å². The summed E-state index contributed by atoms with van der Waals surface area (Å²) in [6, 6.07) is 3.40. The minimum atomic E-state index is -0.637. The summed E-state index contributed by atoms with van der Waals surface area (Å²) < 4.78 is 13.2. The fourth-order valence-corrected chi connectivity index (χ4v) is 2.15. The van der Waals surface area contributed by atoms with Gasteiger partial charge in [-0.25, -0.2) is 9.37 Å². The van der Waals surface area contributed by atoms with E-state index in [0.717, 1.165) is 16.8 Å². The minimum Gasteiger partial charge on any atom is -0.378 e. The van der Waals surface area contributed by atoms with Gasteiger partial charge in [0.2, 0.25) is 0 Å². The number of aromatic nitrogens is 1. The number of non-ortho nitro benzene ring substituents is 1. The smallest absolute Gasteiger partial charge is 0.274 e. The number of hydrogen-bond donors (Lipinski definition) is 1. The maximum Gasteiger partial charge on any atom is 0.274 e. The van der Waals surface area contributed by atoms with E-state index in [-0.39, 0.29) is 5.69 Å². The van der Waals surface area contributed by atoms with Crippen molar-refractivity contribution in [2.45, 2.75) is 13.5 Å². The molecule has 0 aliphatic carbocycles. The predicted octanol–water partition coefficient (Wildman–Crippen LogP) is 3.11. The number of nitrogens with zero attached hydrogens (tertiary/aromatic N) is 2. The Balaban J connectivity index is 2.11. The van der Waals surface area contributed by atoms with Crippen LogP contribution in [0, 0.1) is 22.9 Å². The molecule has 1 N–H and O–H groups in total. The molecule has 2 rings (SSSR count). The molecule has 0 aliphatic rings. The standard InChI is InChI=1S/C11H10FN3O2S/c1-7-6-18-11(14-7)5-13-9-2-8(12)3-10(4-9)15(16)17/h2-4,6,13H,5H2,1H3. The highest BCUT2D eigenvalue weighted by molar-refractivity contribution is 7.09. The number of anilines is 1. The Hall–Kier alpha value is -2.02. The Kier molecular flexibility index (Phi) is 3.52. The van der Waals surface area contributed by atoms with Crippen LogP contribution in [0.2, 0.25) is 0 Å². The average Bonchev–Trinajstić information content (AvgIpc) is 2.72. The molecular formula is C11H10FN3O2S. The van der Waals surface area contributed by atoms with Crippen LogP contribution in [0.3, 0.4) is 0 Å². The van der Waals surface area contributed by atoms with E-state index >= 15 is 0 Å². The molecule has 18 heavy (non-hydrogen) atoms. The van der Waals surface area contributed by atoms with Gasteiger partial charge in [-0.1, -0.05) is 0 Å². The zero-order valence-electron chi connectivity index (χ0n) is 9.51. The molecule has 0 fully saturated rings. The molecule has 5 nitrogen and oxygen atoms in total. The lowest BCUT2D eigenvalue weighted by Crippen LogP contribution is -2.00. The van der Waals surface area contributed by atoms with Gasteiger partial charge in [0.05, 0.1) is 17.5 Å². The number of halogens is 1. The quantitative estimate of drug-likeness (QED) is 0.682. The van der Waals surface area contributed by atoms with Gasteiger partial charge in [-0.05, 0) is 13.0 Å². The lowest BCUT2D eigenvalue weighted by Gasteiger charge is -2.04. The Morgan fingerprint density at radius 2 is 2.28 bits per heavy atom. The molecule has 1 heterocycles. The van der Waals surface area contributed by atoms with Crippen molar-refractivity contribution < 1.29 is 9.31 Å². The molecule has 0 saturated heterocycles. The van der Waals surface area contributed by atoms with Gasteiger partial charge in [0.25, 0.3) is 5.69 Å². The summed E-state index contributed by atoms with van der Waals surface area (Å²) >= 11 is 1.48. The molecule has 0 radical (unpaired) electrons. The van der Waals surface area contributed by atoms with Crippen molar-refractivity contribution in [3.8, 4) is 0 Å². The number of hydrogen-bond acceptors (Lipinski definition) is 5. The number of nitrogens with one attached hydrogen (secondary N) is 1. The van der Waals surface area contributed by atoms with E-state index in [1.54, 1.807) is 0 Å². The van der Waals surface area contributed by atoms with Crippen LogP contribution in [0.25, 0.3) is 0 Å². The van der Waals surface area contributed by atoms with Gasteiger partial charge >= 0.3 is 0 Å². The second-order valence-electron chi connectivity index (χ2n) is 3.69. The van der Waals surface area contributed by atoms with Crippen molar-refractivity contribution in [1.82, 2.24) is 4.98 Å². The maximum atomic E-state index is 13.2. The molecule has 1 aromatic carbocycles. The third-order valence-corrected chi connectivity index (χ3v) is 3.17. The molecule has 0 atom stereocenters. The van der Waals surface area contributed by atoms with Crippen LogP contribution in [-0.2, 0) is 6.54 Å².